The predicted octanol–water partition coefficient (Wildman–Crippen LogP) is 3.22. The van der Waals surface area contributed by atoms with Gasteiger partial charge in [-0.15, -0.1) is 0 Å². The molecule has 1 saturated heterocycles. The third-order valence-corrected chi connectivity index (χ3v) is 5.77. The third kappa shape index (κ3) is 5.98. The van der Waals surface area contributed by atoms with Gasteiger partial charge in [0.15, 0.2) is 0 Å². The van der Waals surface area contributed by atoms with Crippen molar-refractivity contribution in [2.45, 2.75) is 52.0 Å². The monoisotopic (exact) mass is 337 g/mol. The summed E-state index contributed by atoms with van der Waals surface area (Å²) < 4.78 is 15.8. The molecule has 0 amide bonds. The number of nitrogens with one attached hydrogen (secondary N) is 1. The van der Waals surface area contributed by atoms with E-state index >= 15 is 0 Å². The highest BCUT2D eigenvalue weighted by atomic mass is 32.2. The van der Waals surface area contributed by atoms with Crippen LogP contribution in [0, 0.1) is 12.8 Å². The van der Waals surface area contributed by atoms with Gasteiger partial charge >= 0.3 is 0 Å². The van der Waals surface area contributed by atoms with Crippen molar-refractivity contribution in [3.05, 3.63) is 29.6 Å². The van der Waals surface area contributed by atoms with Crippen molar-refractivity contribution < 1.29 is 4.21 Å². The molecule has 3 atom stereocenters. The molecule has 0 bridgehead atoms. The molecule has 2 rings (SSSR count). The van der Waals surface area contributed by atoms with Crippen molar-refractivity contribution >= 4 is 11.0 Å². The van der Waals surface area contributed by atoms with E-state index in [1.807, 2.05) is 6.20 Å². The summed E-state index contributed by atoms with van der Waals surface area (Å²) in [6, 6.07) is 4.27. The summed E-state index contributed by atoms with van der Waals surface area (Å²) in [6.07, 6.45) is 7.69. The van der Waals surface area contributed by atoms with Gasteiger partial charge in [0.05, 0.1) is 22.7 Å². The van der Waals surface area contributed by atoms with Crippen LogP contribution in [0.4, 0.5) is 0 Å². The number of nitrogens with zero attached hydrogens (tertiary/aromatic N) is 2. The number of hydrogen-bond acceptors (Lipinski definition) is 3. The molecule has 4 nitrogen and oxygen atoms in total. The molecule has 1 aromatic heterocycles. The van der Waals surface area contributed by atoms with Crippen LogP contribution in [0.25, 0.3) is 0 Å². The Morgan fingerprint density at radius 3 is 2.83 bits per heavy atom. The van der Waals surface area contributed by atoms with Crippen LogP contribution in [-0.4, -0.2) is 40.0 Å². The molecular weight excluding hydrogens is 306 g/mol. The number of likely N-dealkylation sites (tertiary alicyclic amines) is 1. The molecule has 1 aliphatic rings. The Morgan fingerprint density at radius 2 is 2.22 bits per heavy atom. The van der Waals surface area contributed by atoms with Crippen molar-refractivity contribution in [1.82, 2.24) is 14.6 Å². The summed E-state index contributed by atoms with van der Waals surface area (Å²) in [5, 5.41) is 0. The first kappa shape index (κ1) is 18.6. The Kier molecular flexibility index (Phi) is 7.66. The third-order valence-electron chi connectivity index (χ3n) is 4.59. The van der Waals surface area contributed by atoms with Crippen LogP contribution in [0.5, 0.6) is 0 Å². The van der Waals surface area contributed by atoms with Gasteiger partial charge in [-0.05, 0) is 50.9 Å². The Balaban J connectivity index is 1.99. The van der Waals surface area contributed by atoms with Crippen LogP contribution in [0.15, 0.2) is 18.3 Å². The fourth-order valence-electron chi connectivity index (χ4n) is 3.16. The Bertz CT molecular complexity index is 492. The molecule has 0 saturated carbocycles. The smallest absolute Gasteiger partial charge is 0.0921 e. The van der Waals surface area contributed by atoms with Gasteiger partial charge in [0, 0.05) is 18.5 Å². The fraction of sp³-hybridized carbons (Fsp3) is 0.722. The van der Waals surface area contributed by atoms with E-state index in [2.05, 4.69) is 47.6 Å². The highest BCUT2D eigenvalue weighted by Gasteiger charge is 2.30. The summed E-state index contributed by atoms with van der Waals surface area (Å²) in [5.74, 6) is 1.22. The Hall–Kier alpha value is -0.780. The van der Waals surface area contributed by atoms with E-state index < -0.39 is 11.0 Å². The SMILES string of the molecule is CCCCCC[S@](=O)NC(c1ccc(C)cn1)C1CCN(C)C1. The van der Waals surface area contributed by atoms with Gasteiger partial charge in [-0.25, -0.2) is 8.93 Å². The van der Waals surface area contributed by atoms with Gasteiger partial charge in [-0.2, -0.15) is 0 Å². The predicted molar refractivity (Wildman–Crippen MR) is 97.6 cm³/mol. The Morgan fingerprint density at radius 1 is 1.39 bits per heavy atom. The van der Waals surface area contributed by atoms with Crippen molar-refractivity contribution in [2.24, 2.45) is 5.92 Å². The average molecular weight is 338 g/mol. The minimum absolute atomic E-state index is 0.0903. The van der Waals surface area contributed by atoms with Gasteiger partial charge in [-0.1, -0.05) is 32.3 Å². The maximum absolute atomic E-state index is 12.5. The quantitative estimate of drug-likeness (QED) is 0.704. The van der Waals surface area contributed by atoms with E-state index in [0.29, 0.717) is 5.92 Å². The van der Waals surface area contributed by atoms with E-state index in [1.54, 1.807) is 0 Å². The van der Waals surface area contributed by atoms with Crippen molar-refractivity contribution in [1.29, 1.82) is 0 Å². The standard InChI is InChI=1S/C18H31N3OS/c1-4-5-6-7-12-23(22)20-18(16-10-11-21(3)14-16)17-9-8-15(2)13-19-17/h8-9,13,16,18,20H,4-7,10-12,14H2,1-3H3/t16?,18?,23-/m0/s1. The van der Waals surface area contributed by atoms with Crippen LogP contribution in [0.3, 0.4) is 0 Å². The normalized spacial score (nSPS) is 21.4. The highest BCUT2D eigenvalue weighted by molar-refractivity contribution is 7.83. The van der Waals surface area contributed by atoms with E-state index in [-0.39, 0.29) is 6.04 Å². The molecule has 0 spiro atoms. The van der Waals surface area contributed by atoms with E-state index in [9.17, 15) is 4.21 Å². The molecule has 23 heavy (non-hydrogen) atoms. The van der Waals surface area contributed by atoms with Gasteiger partial charge in [-0.3, -0.25) is 4.98 Å². The largest absolute Gasteiger partial charge is 0.306 e. The first-order valence-corrected chi connectivity index (χ1v) is 10.2. The first-order valence-electron chi connectivity index (χ1n) is 8.85. The van der Waals surface area contributed by atoms with Gasteiger partial charge in [0.1, 0.15) is 0 Å². The molecule has 130 valence electrons. The van der Waals surface area contributed by atoms with Crippen LogP contribution in [0.2, 0.25) is 0 Å². The van der Waals surface area contributed by atoms with Gasteiger partial charge < -0.3 is 4.90 Å². The minimum atomic E-state index is -0.975. The van der Waals surface area contributed by atoms with Crippen molar-refractivity contribution in [3.8, 4) is 0 Å². The second-order valence-corrected chi connectivity index (χ2v) is 8.11. The van der Waals surface area contributed by atoms with Crippen LogP contribution < -0.4 is 4.72 Å². The molecule has 0 aromatic carbocycles. The maximum atomic E-state index is 12.5. The van der Waals surface area contributed by atoms with Crippen molar-refractivity contribution in [3.63, 3.8) is 0 Å². The van der Waals surface area contributed by atoms with Gasteiger partial charge in [0.2, 0.25) is 0 Å². The first-order chi connectivity index (χ1) is 11.1. The molecular formula is C18H31N3OS. The lowest BCUT2D eigenvalue weighted by Crippen LogP contribution is -2.33. The van der Waals surface area contributed by atoms with E-state index in [1.165, 1.54) is 19.3 Å². The van der Waals surface area contributed by atoms with Crippen molar-refractivity contribution in [2.75, 3.05) is 25.9 Å². The lowest BCUT2D eigenvalue weighted by Gasteiger charge is -2.24. The lowest BCUT2D eigenvalue weighted by atomic mass is 9.96. The zero-order valence-corrected chi connectivity index (χ0v) is 15.6. The number of rotatable bonds is 9. The number of aryl methyl sites for hydroxylation is 1. The molecule has 2 heterocycles. The summed E-state index contributed by atoms with van der Waals surface area (Å²) >= 11 is 0. The van der Waals surface area contributed by atoms with Crippen LogP contribution >= 0.6 is 0 Å². The number of hydrogen-bond donors (Lipinski definition) is 1. The number of aromatic nitrogens is 1. The van der Waals surface area contributed by atoms with E-state index in [4.69, 9.17) is 0 Å². The summed E-state index contributed by atoms with van der Waals surface area (Å²) in [5.41, 5.74) is 2.19. The zero-order chi connectivity index (χ0) is 16.7. The molecule has 1 aliphatic heterocycles. The highest BCUT2D eigenvalue weighted by Crippen LogP contribution is 2.29. The average Bonchev–Trinajstić information content (AvgIpc) is 2.96. The zero-order valence-electron chi connectivity index (χ0n) is 14.8. The summed E-state index contributed by atoms with van der Waals surface area (Å²) in [4.78, 5) is 6.94. The molecule has 5 heteroatoms. The lowest BCUT2D eigenvalue weighted by molar-refractivity contribution is 0.360. The molecule has 1 N–H and O–H groups in total. The topological polar surface area (TPSA) is 45.2 Å². The minimum Gasteiger partial charge on any atom is -0.306 e. The molecule has 0 radical (unpaired) electrons. The van der Waals surface area contributed by atoms with E-state index in [0.717, 1.165) is 42.9 Å². The van der Waals surface area contributed by atoms with Crippen LogP contribution in [-0.2, 0) is 11.0 Å². The second kappa shape index (κ2) is 9.50. The van der Waals surface area contributed by atoms with Crippen LogP contribution in [0.1, 0.15) is 56.3 Å². The molecule has 1 aromatic rings. The number of pyridine rings is 1. The van der Waals surface area contributed by atoms with Gasteiger partial charge in [0.25, 0.3) is 0 Å². The number of unbranched alkanes of at least 4 members (excludes halogenated alkanes) is 3. The molecule has 2 unspecified atom stereocenters. The Labute approximate surface area is 143 Å². The molecule has 0 aliphatic carbocycles. The second-order valence-electron chi connectivity index (χ2n) is 6.78. The summed E-state index contributed by atoms with van der Waals surface area (Å²) in [6.45, 7) is 6.40. The summed E-state index contributed by atoms with van der Waals surface area (Å²) in [7, 11) is 1.18. The maximum Gasteiger partial charge on any atom is 0.0921 e. The molecule has 1 fully saturated rings. The fourth-order valence-corrected chi connectivity index (χ4v) is 4.34.